The summed E-state index contributed by atoms with van der Waals surface area (Å²) >= 11 is 0. The molecule has 3 saturated heterocycles. The molecule has 6 heterocycles. The van der Waals surface area contributed by atoms with Gasteiger partial charge in [0, 0.05) is 36.3 Å². The number of nitrogens with one attached hydrogen (secondary N) is 1. The quantitative estimate of drug-likeness (QED) is 0.773. The van der Waals surface area contributed by atoms with Crippen LogP contribution in [0.5, 0.6) is 0 Å². The molecule has 1 amide bonds. The number of carbonyl (C=O) groups is 1. The Hall–Kier alpha value is -2.74. The van der Waals surface area contributed by atoms with Crippen molar-refractivity contribution < 1.29 is 9.21 Å². The lowest BCUT2D eigenvalue weighted by atomic mass is 9.84. The summed E-state index contributed by atoms with van der Waals surface area (Å²) in [7, 11) is 0. The molecule has 3 fully saturated rings. The number of amides is 1. The molecule has 0 aromatic carbocycles. The lowest BCUT2D eigenvalue weighted by Gasteiger charge is -2.44. The summed E-state index contributed by atoms with van der Waals surface area (Å²) in [6.45, 7) is 3.24. The fraction of sp³-hybridized carbons (Fsp3) is 0.412. The van der Waals surface area contributed by atoms with E-state index in [4.69, 9.17) is 4.42 Å². The Labute approximate surface area is 143 Å². The maximum Gasteiger partial charge on any atom is 0.270 e. The van der Waals surface area contributed by atoms with Gasteiger partial charge in [0.2, 0.25) is 5.88 Å². The van der Waals surface area contributed by atoms with E-state index >= 15 is 0 Å². The fourth-order valence-corrected chi connectivity index (χ4v) is 3.85. The second-order valence-electron chi connectivity index (χ2n) is 6.76. The number of nitrogens with zero attached hydrogens (tertiary/aromatic N) is 5. The van der Waals surface area contributed by atoms with E-state index in [0.717, 1.165) is 37.9 Å². The molecule has 3 aliphatic rings. The van der Waals surface area contributed by atoms with Gasteiger partial charge in [-0.2, -0.15) is 4.68 Å². The Balaban J connectivity index is 1.38. The number of aromatic nitrogens is 4. The van der Waals surface area contributed by atoms with Gasteiger partial charge >= 0.3 is 0 Å². The molecular weight excluding hydrogens is 320 g/mol. The molecule has 0 aliphatic carbocycles. The summed E-state index contributed by atoms with van der Waals surface area (Å²) in [4.78, 5) is 19.3. The molecule has 8 nitrogen and oxygen atoms in total. The SMILES string of the molecule is O=C(N[C@H]1CN2CCC1CC2)c1cc2oc(-n3ccnn3)cc2cn1. The first-order valence-electron chi connectivity index (χ1n) is 8.56. The molecule has 1 N–H and O–H groups in total. The van der Waals surface area contributed by atoms with E-state index in [9.17, 15) is 4.79 Å². The topological polar surface area (TPSA) is 89.1 Å². The fourth-order valence-electron chi connectivity index (χ4n) is 3.85. The van der Waals surface area contributed by atoms with Crippen molar-refractivity contribution in [2.75, 3.05) is 19.6 Å². The lowest BCUT2D eigenvalue weighted by molar-refractivity contribution is 0.0618. The van der Waals surface area contributed by atoms with Crippen LogP contribution in [-0.4, -0.2) is 56.5 Å². The van der Waals surface area contributed by atoms with Crippen LogP contribution in [0.15, 0.2) is 35.1 Å². The second-order valence-corrected chi connectivity index (χ2v) is 6.76. The number of fused-ring (bicyclic) bond motifs is 4. The predicted molar refractivity (Wildman–Crippen MR) is 89.3 cm³/mol. The molecule has 0 spiro atoms. The van der Waals surface area contributed by atoms with Crippen molar-refractivity contribution in [2.45, 2.75) is 18.9 Å². The number of carbonyl (C=O) groups excluding carboxylic acids is 1. The molecule has 1 atom stereocenters. The van der Waals surface area contributed by atoms with Crippen molar-refractivity contribution in [3.05, 3.63) is 36.4 Å². The van der Waals surface area contributed by atoms with E-state index in [1.165, 1.54) is 4.68 Å². The summed E-state index contributed by atoms with van der Waals surface area (Å²) in [5.41, 5.74) is 0.989. The number of furan rings is 1. The van der Waals surface area contributed by atoms with Crippen LogP contribution in [0.3, 0.4) is 0 Å². The van der Waals surface area contributed by atoms with Gasteiger partial charge in [0.25, 0.3) is 5.91 Å². The van der Waals surface area contributed by atoms with Crippen LogP contribution in [0.25, 0.3) is 16.9 Å². The molecule has 0 radical (unpaired) electrons. The Bertz CT molecular complexity index is 911. The zero-order chi connectivity index (χ0) is 16.8. The van der Waals surface area contributed by atoms with E-state index in [2.05, 4.69) is 25.5 Å². The van der Waals surface area contributed by atoms with Gasteiger partial charge in [-0.05, 0) is 31.8 Å². The number of rotatable bonds is 3. The number of hydrogen-bond acceptors (Lipinski definition) is 6. The molecule has 25 heavy (non-hydrogen) atoms. The Morgan fingerprint density at radius 1 is 1.28 bits per heavy atom. The molecule has 0 unspecified atom stereocenters. The van der Waals surface area contributed by atoms with Gasteiger partial charge in [-0.3, -0.25) is 9.78 Å². The lowest BCUT2D eigenvalue weighted by Crippen LogP contribution is -2.57. The van der Waals surface area contributed by atoms with Gasteiger partial charge in [0.15, 0.2) is 0 Å². The normalized spacial score (nSPS) is 25.4. The van der Waals surface area contributed by atoms with Gasteiger partial charge in [-0.15, -0.1) is 5.10 Å². The van der Waals surface area contributed by atoms with Gasteiger partial charge in [0.1, 0.15) is 11.3 Å². The van der Waals surface area contributed by atoms with Gasteiger partial charge in [-0.25, -0.2) is 0 Å². The third-order valence-electron chi connectivity index (χ3n) is 5.24. The van der Waals surface area contributed by atoms with Gasteiger partial charge in [-0.1, -0.05) is 5.21 Å². The Morgan fingerprint density at radius 3 is 2.88 bits per heavy atom. The summed E-state index contributed by atoms with van der Waals surface area (Å²) in [6, 6.07) is 3.73. The average Bonchev–Trinajstić information content (AvgIpc) is 3.31. The predicted octanol–water partition coefficient (Wildman–Crippen LogP) is 1.23. The van der Waals surface area contributed by atoms with Crippen LogP contribution in [0, 0.1) is 5.92 Å². The molecule has 3 aromatic rings. The third kappa shape index (κ3) is 2.58. The second kappa shape index (κ2) is 5.66. The highest BCUT2D eigenvalue weighted by molar-refractivity contribution is 5.95. The maximum absolute atomic E-state index is 12.6. The number of pyridine rings is 1. The van der Waals surface area contributed by atoms with Crippen LogP contribution in [0.2, 0.25) is 0 Å². The van der Waals surface area contributed by atoms with Gasteiger partial charge in [0.05, 0.1) is 12.4 Å². The van der Waals surface area contributed by atoms with E-state index < -0.39 is 0 Å². The van der Waals surface area contributed by atoms with Crippen molar-refractivity contribution in [3.63, 3.8) is 0 Å². The van der Waals surface area contributed by atoms with E-state index in [1.807, 2.05) is 6.07 Å². The van der Waals surface area contributed by atoms with Crippen LogP contribution < -0.4 is 5.32 Å². The minimum Gasteiger partial charge on any atom is -0.438 e. The van der Waals surface area contributed by atoms with Crippen molar-refractivity contribution in [1.29, 1.82) is 0 Å². The molecule has 128 valence electrons. The van der Waals surface area contributed by atoms with E-state index in [1.54, 1.807) is 24.7 Å². The third-order valence-corrected chi connectivity index (χ3v) is 5.24. The van der Waals surface area contributed by atoms with Crippen molar-refractivity contribution >= 4 is 16.9 Å². The van der Waals surface area contributed by atoms with Crippen LogP contribution in [-0.2, 0) is 0 Å². The summed E-state index contributed by atoms with van der Waals surface area (Å²) in [5.74, 6) is 0.990. The highest BCUT2D eigenvalue weighted by atomic mass is 16.4. The highest BCUT2D eigenvalue weighted by Gasteiger charge is 2.35. The largest absolute Gasteiger partial charge is 0.438 e. The zero-order valence-corrected chi connectivity index (χ0v) is 13.6. The zero-order valence-electron chi connectivity index (χ0n) is 13.6. The highest BCUT2D eigenvalue weighted by Crippen LogP contribution is 2.28. The smallest absolute Gasteiger partial charge is 0.270 e. The van der Waals surface area contributed by atoms with Crippen LogP contribution in [0.4, 0.5) is 0 Å². The van der Waals surface area contributed by atoms with Crippen molar-refractivity contribution in [2.24, 2.45) is 5.92 Å². The van der Waals surface area contributed by atoms with Crippen molar-refractivity contribution in [3.8, 4) is 5.88 Å². The summed E-state index contributed by atoms with van der Waals surface area (Å²) in [6.07, 6.45) is 7.27. The van der Waals surface area contributed by atoms with E-state index in [-0.39, 0.29) is 11.9 Å². The Kier molecular flexibility index (Phi) is 3.30. The average molecular weight is 338 g/mol. The molecule has 0 saturated carbocycles. The molecule has 6 rings (SSSR count). The van der Waals surface area contributed by atoms with Gasteiger partial charge < -0.3 is 14.6 Å². The van der Waals surface area contributed by atoms with Crippen LogP contribution in [0.1, 0.15) is 23.3 Å². The minimum atomic E-state index is -0.139. The minimum absolute atomic E-state index is 0.139. The molecule has 2 bridgehead atoms. The molecule has 8 heteroatoms. The standard InChI is InChI=1S/C17H18N6O2/c24-17(20-14-10-22-4-1-11(14)2-5-22)13-8-15-12(9-18-13)7-16(25-15)23-6-3-19-21-23/h3,6-9,11,14H,1-2,4-5,10H2,(H,20,24)/t14-/m0/s1. The summed E-state index contributed by atoms with van der Waals surface area (Å²) < 4.78 is 7.31. The molecule has 3 aromatic heterocycles. The Morgan fingerprint density at radius 2 is 2.16 bits per heavy atom. The number of piperidine rings is 3. The number of hydrogen-bond donors (Lipinski definition) is 1. The van der Waals surface area contributed by atoms with Crippen molar-refractivity contribution in [1.82, 2.24) is 30.2 Å². The monoisotopic (exact) mass is 338 g/mol. The molecule has 3 aliphatic heterocycles. The first-order valence-corrected chi connectivity index (χ1v) is 8.56. The van der Waals surface area contributed by atoms with E-state index in [0.29, 0.717) is 23.1 Å². The first kappa shape index (κ1) is 14.6. The molecular formula is C17H18N6O2. The summed E-state index contributed by atoms with van der Waals surface area (Å²) in [5, 5.41) is 11.7. The first-order chi connectivity index (χ1) is 12.3. The maximum atomic E-state index is 12.6. The van der Waals surface area contributed by atoms with Crippen LogP contribution >= 0.6 is 0 Å².